The number of carbonyl (C=O) groups is 1. The summed E-state index contributed by atoms with van der Waals surface area (Å²) in [7, 11) is 0. The third-order valence-electron chi connectivity index (χ3n) is 2.98. The van der Waals surface area contributed by atoms with Gasteiger partial charge in [0.25, 0.3) is 0 Å². The van der Waals surface area contributed by atoms with E-state index in [0.29, 0.717) is 10.6 Å². The molecule has 0 heterocycles. The van der Waals surface area contributed by atoms with Crippen molar-refractivity contribution >= 4 is 23.1 Å². The van der Waals surface area contributed by atoms with E-state index in [-0.39, 0.29) is 5.78 Å². The van der Waals surface area contributed by atoms with E-state index in [0.717, 1.165) is 12.1 Å². The third-order valence-corrected chi connectivity index (χ3v) is 3.23. The van der Waals surface area contributed by atoms with Crippen LogP contribution in [0, 0.1) is 0 Å². The Morgan fingerprint density at radius 3 is 2.35 bits per heavy atom. The van der Waals surface area contributed by atoms with Crippen LogP contribution in [0.15, 0.2) is 60.8 Å². The predicted octanol–water partition coefficient (Wildman–Crippen LogP) is 4.71. The second-order valence-corrected chi connectivity index (χ2v) is 4.84. The average molecular weight is 286 g/mol. The fourth-order valence-electron chi connectivity index (χ4n) is 1.76. The zero-order valence-electron chi connectivity index (χ0n) is 11.3. The van der Waals surface area contributed by atoms with Gasteiger partial charge in [0.2, 0.25) is 0 Å². The standard InChI is InChI=1S/C17H16ClNO/c1-2-13-3-9-16(10-4-13)19-12-11-17(20)14-5-7-15(18)8-6-14/h3-12,19H,2H2,1H3/b12-11+. The van der Waals surface area contributed by atoms with Gasteiger partial charge in [-0.2, -0.15) is 0 Å². The second-order valence-electron chi connectivity index (χ2n) is 4.40. The zero-order valence-corrected chi connectivity index (χ0v) is 12.0. The Morgan fingerprint density at radius 1 is 1.10 bits per heavy atom. The van der Waals surface area contributed by atoms with Crippen molar-refractivity contribution < 1.29 is 4.79 Å². The van der Waals surface area contributed by atoms with E-state index in [1.165, 1.54) is 11.6 Å². The van der Waals surface area contributed by atoms with Gasteiger partial charge < -0.3 is 5.32 Å². The Labute approximate surface area is 124 Å². The molecular weight excluding hydrogens is 270 g/mol. The Morgan fingerprint density at radius 2 is 1.75 bits per heavy atom. The molecule has 2 aromatic rings. The number of nitrogens with one attached hydrogen (secondary N) is 1. The molecule has 102 valence electrons. The summed E-state index contributed by atoms with van der Waals surface area (Å²) in [6.45, 7) is 2.12. The van der Waals surface area contributed by atoms with Gasteiger partial charge in [-0.25, -0.2) is 0 Å². The van der Waals surface area contributed by atoms with Crippen LogP contribution >= 0.6 is 11.6 Å². The lowest BCUT2D eigenvalue weighted by Crippen LogP contribution is -1.96. The van der Waals surface area contributed by atoms with Crippen LogP contribution in [0.2, 0.25) is 5.02 Å². The molecule has 3 heteroatoms. The highest BCUT2D eigenvalue weighted by molar-refractivity contribution is 6.30. The summed E-state index contributed by atoms with van der Waals surface area (Å²) in [5.74, 6) is -0.0562. The summed E-state index contributed by atoms with van der Waals surface area (Å²) in [6.07, 6.45) is 4.18. The lowest BCUT2D eigenvalue weighted by Gasteiger charge is -2.02. The molecule has 0 atom stereocenters. The minimum atomic E-state index is -0.0562. The van der Waals surface area contributed by atoms with Crippen molar-refractivity contribution in [2.75, 3.05) is 5.32 Å². The zero-order chi connectivity index (χ0) is 14.4. The summed E-state index contributed by atoms with van der Waals surface area (Å²) >= 11 is 5.78. The van der Waals surface area contributed by atoms with Crippen LogP contribution < -0.4 is 5.32 Å². The van der Waals surface area contributed by atoms with E-state index in [4.69, 9.17) is 11.6 Å². The van der Waals surface area contributed by atoms with E-state index in [2.05, 4.69) is 24.4 Å². The molecule has 0 bridgehead atoms. The number of hydrogen-bond acceptors (Lipinski definition) is 2. The average Bonchev–Trinajstić information content (AvgIpc) is 2.48. The van der Waals surface area contributed by atoms with Crippen LogP contribution in [-0.4, -0.2) is 5.78 Å². The minimum Gasteiger partial charge on any atom is -0.362 e. The Balaban J connectivity index is 1.95. The molecule has 2 rings (SSSR count). The van der Waals surface area contributed by atoms with E-state index >= 15 is 0 Å². The molecule has 0 fully saturated rings. The molecule has 1 N–H and O–H groups in total. The summed E-state index contributed by atoms with van der Waals surface area (Å²) in [5.41, 5.74) is 2.87. The normalized spacial score (nSPS) is 10.7. The highest BCUT2D eigenvalue weighted by atomic mass is 35.5. The van der Waals surface area contributed by atoms with E-state index < -0.39 is 0 Å². The van der Waals surface area contributed by atoms with Gasteiger partial charge in [0, 0.05) is 28.5 Å². The van der Waals surface area contributed by atoms with Gasteiger partial charge in [-0.05, 0) is 48.4 Å². The molecule has 0 amide bonds. The molecule has 0 aliphatic heterocycles. The number of carbonyl (C=O) groups excluding carboxylic acids is 1. The first-order valence-electron chi connectivity index (χ1n) is 6.51. The van der Waals surface area contributed by atoms with Crippen LogP contribution in [0.5, 0.6) is 0 Å². The Hall–Kier alpha value is -2.06. The second kappa shape index (κ2) is 6.92. The minimum absolute atomic E-state index is 0.0562. The van der Waals surface area contributed by atoms with Gasteiger partial charge in [0.1, 0.15) is 0 Å². The Kier molecular flexibility index (Phi) is 4.97. The summed E-state index contributed by atoms with van der Waals surface area (Å²) in [4.78, 5) is 11.9. The van der Waals surface area contributed by atoms with Gasteiger partial charge in [0.15, 0.2) is 5.78 Å². The fraction of sp³-hybridized carbons (Fsp3) is 0.118. The Bertz CT molecular complexity index is 600. The number of anilines is 1. The van der Waals surface area contributed by atoms with Crippen molar-refractivity contribution in [3.8, 4) is 0 Å². The summed E-state index contributed by atoms with van der Waals surface area (Å²) in [6, 6.07) is 15.0. The monoisotopic (exact) mass is 285 g/mol. The summed E-state index contributed by atoms with van der Waals surface area (Å²) in [5, 5.41) is 3.71. The molecule has 0 spiro atoms. The van der Waals surface area contributed by atoms with E-state index in [1.807, 2.05) is 12.1 Å². The highest BCUT2D eigenvalue weighted by Gasteiger charge is 2.00. The molecule has 0 aliphatic rings. The largest absolute Gasteiger partial charge is 0.362 e. The number of rotatable bonds is 5. The van der Waals surface area contributed by atoms with Crippen LogP contribution in [-0.2, 0) is 6.42 Å². The number of allylic oxidation sites excluding steroid dienone is 1. The van der Waals surface area contributed by atoms with Crippen LogP contribution in [0.25, 0.3) is 0 Å². The lowest BCUT2D eigenvalue weighted by molar-refractivity contribution is 0.104. The van der Waals surface area contributed by atoms with E-state index in [9.17, 15) is 4.79 Å². The predicted molar refractivity (Wildman–Crippen MR) is 84.4 cm³/mol. The van der Waals surface area contributed by atoms with Crippen molar-refractivity contribution in [1.29, 1.82) is 0 Å². The van der Waals surface area contributed by atoms with Gasteiger partial charge in [-0.3, -0.25) is 4.79 Å². The quantitative estimate of drug-likeness (QED) is 0.637. The van der Waals surface area contributed by atoms with Gasteiger partial charge >= 0.3 is 0 Å². The molecule has 2 nitrogen and oxygen atoms in total. The molecule has 0 saturated carbocycles. The lowest BCUT2D eigenvalue weighted by atomic mass is 10.1. The van der Waals surface area contributed by atoms with Crippen molar-refractivity contribution in [2.45, 2.75) is 13.3 Å². The smallest absolute Gasteiger partial charge is 0.187 e. The van der Waals surface area contributed by atoms with Gasteiger partial charge in [-0.1, -0.05) is 30.7 Å². The SMILES string of the molecule is CCc1ccc(N/C=C/C(=O)c2ccc(Cl)cc2)cc1. The maximum Gasteiger partial charge on any atom is 0.187 e. The first-order valence-corrected chi connectivity index (χ1v) is 6.89. The number of ketones is 1. The summed E-state index contributed by atoms with van der Waals surface area (Å²) < 4.78 is 0. The first kappa shape index (κ1) is 14.4. The van der Waals surface area contributed by atoms with Crippen LogP contribution in [0.1, 0.15) is 22.8 Å². The van der Waals surface area contributed by atoms with E-state index in [1.54, 1.807) is 30.5 Å². The maximum absolute atomic E-state index is 11.9. The maximum atomic E-state index is 11.9. The number of aryl methyl sites for hydroxylation is 1. The van der Waals surface area contributed by atoms with Crippen LogP contribution in [0.3, 0.4) is 0 Å². The number of halogens is 1. The molecule has 0 unspecified atom stereocenters. The van der Waals surface area contributed by atoms with Crippen molar-refractivity contribution in [3.05, 3.63) is 77.0 Å². The molecule has 0 aliphatic carbocycles. The number of hydrogen-bond donors (Lipinski definition) is 1. The highest BCUT2D eigenvalue weighted by Crippen LogP contribution is 2.11. The number of benzene rings is 2. The third kappa shape index (κ3) is 3.97. The van der Waals surface area contributed by atoms with Crippen molar-refractivity contribution in [2.24, 2.45) is 0 Å². The molecule has 20 heavy (non-hydrogen) atoms. The molecular formula is C17H16ClNO. The fourth-order valence-corrected chi connectivity index (χ4v) is 1.89. The van der Waals surface area contributed by atoms with Crippen LogP contribution in [0.4, 0.5) is 5.69 Å². The van der Waals surface area contributed by atoms with Gasteiger partial charge in [-0.15, -0.1) is 0 Å². The topological polar surface area (TPSA) is 29.1 Å². The van der Waals surface area contributed by atoms with Crippen molar-refractivity contribution in [3.63, 3.8) is 0 Å². The van der Waals surface area contributed by atoms with Gasteiger partial charge in [0.05, 0.1) is 0 Å². The molecule has 0 saturated heterocycles. The molecule has 0 aromatic heterocycles. The van der Waals surface area contributed by atoms with Crippen molar-refractivity contribution in [1.82, 2.24) is 0 Å². The molecule has 2 aromatic carbocycles. The molecule has 0 radical (unpaired) electrons. The first-order chi connectivity index (χ1) is 9.69.